The number of methoxy groups -OCH3 is 1. The molecule has 1 saturated heterocycles. The predicted octanol–water partition coefficient (Wildman–Crippen LogP) is 4.66. The van der Waals surface area contributed by atoms with E-state index in [1.165, 1.54) is 77.7 Å². The maximum atomic E-state index is 12.0. The summed E-state index contributed by atoms with van der Waals surface area (Å²) in [5, 5.41) is 0. The smallest absolute Gasteiger partial charge is 0.308 e. The molecule has 0 N–H and O–H groups in total. The first-order valence-electron chi connectivity index (χ1n) is 12.1. The third-order valence-electron chi connectivity index (χ3n) is 8.25. The zero-order valence-electron chi connectivity index (χ0n) is 17.9. The van der Waals surface area contributed by atoms with Gasteiger partial charge in [-0.1, -0.05) is 32.1 Å². The third-order valence-corrected chi connectivity index (χ3v) is 8.25. The molecule has 4 rings (SSSR count). The summed E-state index contributed by atoms with van der Waals surface area (Å²) >= 11 is 0. The Kier molecular flexibility index (Phi) is 7.33. The minimum atomic E-state index is 0.00980. The van der Waals surface area contributed by atoms with Crippen LogP contribution in [0.2, 0.25) is 0 Å². The van der Waals surface area contributed by atoms with Crippen LogP contribution in [0.5, 0.6) is 0 Å². The SMILES string of the molecule is COC(=O)C1CC2CC1CN(CCOC1CCC(CC3CCCCC3)CC1)C2. The molecule has 2 bridgehead atoms. The van der Waals surface area contributed by atoms with Crippen LogP contribution < -0.4 is 0 Å². The fourth-order valence-electron chi connectivity index (χ4n) is 6.76. The molecule has 28 heavy (non-hydrogen) atoms. The Labute approximate surface area is 171 Å². The molecule has 3 atom stereocenters. The molecule has 4 fully saturated rings. The van der Waals surface area contributed by atoms with Gasteiger partial charge in [0.15, 0.2) is 0 Å². The number of carbonyl (C=O) groups is 1. The molecule has 0 spiro atoms. The van der Waals surface area contributed by atoms with E-state index in [4.69, 9.17) is 9.47 Å². The lowest BCUT2D eigenvalue weighted by Gasteiger charge is -2.34. The van der Waals surface area contributed by atoms with Crippen LogP contribution in [0.25, 0.3) is 0 Å². The number of rotatable bonds is 7. The van der Waals surface area contributed by atoms with Crippen LogP contribution in [0.4, 0.5) is 0 Å². The van der Waals surface area contributed by atoms with Crippen LogP contribution in [0.15, 0.2) is 0 Å². The normalized spacial score (nSPS) is 37.1. The van der Waals surface area contributed by atoms with Gasteiger partial charge in [-0.05, 0) is 68.6 Å². The van der Waals surface area contributed by atoms with E-state index in [-0.39, 0.29) is 11.9 Å². The van der Waals surface area contributed by atoms with Gasteiger partial charge in [-0.15, -0.1) is 0 Å². The number of nitrogens with zero attached hydrogens (tertiary/aromatic N) is 1. The van der Waals surface area contributed by atoms with Crippen molar-refractivity contribution in [2.24, 2.45) is 29.6 Å². The van der Waals surface area contributed by atoms with Crippen molar-refractivity contribution in [1.29, 1.82) is 0 Å². The molecule has 0 aromatic heterocycles. The van der Waals surface area contributed by atoms with Gasteiger partial charge in [-0.2, -0.15) is 0 Å². The molecule has 0 amide bonds. The average Bonchev–Trinajstić information content (AvgIpc) is 3.03. The average molecular weight is 392 g/mol. The van der Waals surface area contributed by atoms with E-state index in [1.54, 1.807) is 0 Å². The molecule has 3 saturated carbocycles. The molecule has 0 aromatic carbocycles. The Hall–Kier alpha value is -0.610. The van der Waals surface area contributed by atoms with E-state index < -0.39 is 0 Å². The van der Waals surface area contributed by atoms with Gasteiger partial charge >= 0.3 is 5.97 Å². The molecular weight excluding hydrogens is 350 g/mol. The van der Waals surface area contributed by atoms with Gasteiger partial charge in [0, 0.05) is 19.6 Å². The lowest BCUT2D eigenvalue weighted by molar-refractivity contribution is -0.146. The number of likely N-dealkylation sites (tertiary alicyclic amines) is 1. The first-order valence-corrected chi connectivity index (χ1v) is 12.1. The van der Waals surface area contributed by atoms with Gasteiger partial charge in [0.1, 0.15) is 0 Å². The van der Waals surface area contributed by atoms with E-state index >= 15 is 0 Å². The zero-order valence-corrected chi connectivity index (χ0v) is 17.9. The molecule has 1 heterocycles. The van der Waals surface area contributed by atoms with Crippen molar-refractivity contribution in [3.8, 4) is 0 Å². The van der Waals surface area contributed by atoms with Gasteiger partial charge in [0.2, 0.25) is 0 Å². The number of esters is 1. The third kappa shape index (κ3) is 5.30. The van der Waals surface area contributed by atoms with Crippen molar-refractivity contribution in [2.45, 2.75) is 83.2 Å². The van der Waals surface area contributed by atoms with Crippen LogP contribution in [0.1, 0.15) is 77.0 Å². The highest BCUT2D eigenvalue weighted by Crippen LogP contribution is 2.41. The maximum Gasteiger partial charge on any atom is 0.308 e. The van der Waals surface area contributed by atoms with Gasteiger partial charge in [-0.25, -0.2) is 0 Å². The summed E-state index contributed by atoms with van der Waals surface area (Å²) < 4.78 is 11.3. The second kappa shape index (κ2) is 9.93. The molecule has 3 aliphatic carbocycles. The summed E-state index contributed by atoms with van der Waals surface area (Å²) in [6, 6.07) is 0. The van der Waals surface area contributed by atoms with Crippen LogP contribution in [-0.2, 0) is 14.3 Å². The fourth-order valence-corrected chi connectivity index (χ4v) is 6.76. The van der Waals surface area contributed by atoms with Gasteiger partial charge < -0.3 is 14.4 Å². The molecule has 0 aromatic rings. The van der Waals surface area contributed by atoms with Crippen molar-refractivity contribution < 1.29 is 14.3 Å². The van der Waals surface area contributed by atoms with Gasteiger partial charge in [0.25, 0.3) is 0 Å². The van der Waals surface area contributed by atoms with Crippen LogP contribution in [-0.4, -0.2) is 50.3 Å². The molecule has 4 nitrogen and oxygen atoms in total. The molecule has 1 aliphatic heterocycles. The van der Waals surface area contributed by atoms with Crippen molar-refractivity contribution in [3.63, 3.8) is 0 Å². The predicted molar refractivity (Wildman–Crippen MR) is 111 cm³/mol. The van der Waals surface area contributed by atoms with Gasteiger partial charge in [-0.3, -0.25) is 4.79 Å². The van der Waals surface area contributed by atoms with Crippen molar-refractivity contribution in [1.82, 2.24) is 4.90 Å². The van der Waals surface area contributed by atoms with E-state index in [2.05, 4.69) is 4.90 Å². The number of hydrogen-bond donors (Lipinski definition) is 0. The van der Waals surface area contributed by atoms with Crippen LogP contribution in [0, 0.1) is 29.6 Å². The Morgan fingerprint density at radius 3 is 2.43 bits per heavy atom. The summed E-state index contributed by atoms with van der Waals surface area (Å²) in [6.07, 6.45) is 16.9. The van der Waals surface area contributed by atoms with E-state index in [1.807, 2.05) is 0 Å². The highest BCUT2D eigenvalue weighted by atomic mass is 16.5. The Morgan fingerprint density at radius 2 is 1.68 bits per heavy atom. The summed E-state index contributed by atoms with van der Waals surface area (Å²) in [6.45, 7) is 4.08. The first-order chi connectivity index (χ1) is 13.7. The lowest BCUT2D eigenvalue weighted by atomic mass is 9.77. The second-order valence-electron chi connectivity index (χ2n) is 10.2. The molecular formula is C24H41NO3. The van der Waals surface area contributed by atoms with E-state index in [0.29, 0.717) is 17.9 Å². The summed E-state index contributed by atoms with van der Waals surface area (Å²) in [5.74, 6) is 3.32. The minimum Gasteiger partial charge on any atom is -0.469 e. The molecule has 0 radical (unpaired) electrons. The summed E-state index contributed by atoms with van der Waals surface area (Å²) in [5.41, 5.74) is 0. The number of piperidine rings is 1. The largest absolute Gasteiger partial charge is 0.469 e. The monoisotopic (exact) mass is 391 g/mol. The minimum absolute atomic E-state index is 0.00980. The van der Waals surface area contributed by atoms with Crippen LogP contribution in [0.3, 0.4) is 0 Å². The zero-order chi connectivity index (χ0) is 19.3. The Morgan fingerprint density at radius 1 is 0.929 bits per heavy atom. The lowest BCUT2D eigenvalue weighted by Crippen LogP contribution is -2.40. The highest BCUT2D eigenvalue weighted by molar-refractivity contribution is 5.73. The summed E-state index contributed by atoms with van der Waals surface area (Å²) in [7, 11) is 1.53. The Bertz CT molecular complexity index is 496. The number of hydrogen-bond acceptors (Lipinski definition) is 4. The number of ether oxygens (including phenoxy) is 2. The van der Waals surface area contributed by atoms with Crippen molar-refractivity contribution >= 4 is 5.97 Å². The number of carbonyl (C=O) groups excluding carboxylic acids is 1. The van der Waals surface area contributed by atoms with Crippen molar-refractivity contribution in [3.05, 3.63) is 0 Å². The van der Waals surface area contributed by atoms with Crippen molar-refractivity contribution in [2.75, 3.05) is 33.4 Å². The topological polar surface area (TPSA) is 38.8 Å². The molecule has 160 valence electrons. The molecule has 3 unspecified atom stereocenters. The standard InChI is InChI=1S/C24H41NO3/c1-27-24(26)23-15-20-14-21(23)17-25(16-20)11-12-28-22-9-7-19(8-10-22)13-18-5-3-2-4-6-18/h18-23H,2-17H2,1H3. The maximum absolute atomic E-state index is 12.0. The molecule has 4 aliphatic rings. The fraction of sp³-hybridized carbons (Fsp3) is 0.958. The quantitative estimate of drug-likeness (QED) is 0.592. The number of fused-ring (bicyclic) bond motifs is 2. The summed E-state index contributed by atoms with van der Waals surface area (Å²) in [4.78, 5) is 14.5. The van der Waals surface area contributed by atoms with Gasteiger partial charge in [0.05, 0.1) is 25.7 Å². The highest BCUT2D eigenvalue weighted by Gasteiger charge is 2.43. The van der Waals surface area contributed by atoms with E-state index in [0.717, 1.165) is 44.5 Å². The molecule has 4 heteroatoms. The van der Waals surface area contributed by atoms with E-state index in [9.17, 15) is 4.79 Å². The second-order valence-corrected chi connectivity index (χ2v) is 10.2. The first kappa shape index (κ1) is 20.7. The Balaban J connectivity index is 1.11. The van der Waals surface area contributed by atoms with Crippen LogP contribution >= 0.6 is 0 Å².